The number of fused-ring (bicyclic) bond motifs is 1. The summed E-state index contributed by atoms with van der Waals surface area (Å²) in [4.78, 5) is 13.4. The molecule has 3 atom stereocenters. The smallest absolute Gasteiger partial charge is 0.543 e. The summed E-state index contributed by atoms with van der Waals surface area (Å²) in [6.45, 7) is 5.49. The third-order valence-electron chi connectivity index (χ3n) is 5.91. The van der Waals surface area contributed by atoms with Crippen LogP contribution in [0.3, 0.4) is 0 Å². The summed E-state index contributed by atoms with van der Waals surface area (Å²) in [6.07, 6.45) is 4.71. The fourth-order valence-corrected chi connectivity index (χ4v) is 4.69. The van der Waals surface area contributed by atoms with Crippen LogP contribution >= 0.6 is 0 Å². The number of aromatic nitrogens is 2. The molecule has 7 nitrogen and oxygen atoms in total. The number of anilines is 1. The first-order valence-electron chi connectivity index (χ1n) is 9.29. The fraction of sp³-hybridized carbons (Fsp3) is 0.722. The Morgan fingerprint density at radius 2 is 1.88 bits per heavy atom. The van der Waals surface area contributed by atoms with E-state index in [1.54, 1.807) is 6.07 Å². The zero-order valence-corrected chi connectivity index (χ0v) is 15.4. The molecule has 0 radical (unpaired) electrons. The molecule has 3 heterocycles. The number of aromatic carboxylic acids is 1. The monoisotopic (exact) mass is 352 g/mol. The van der Waals surface area contributed by atoms with Gasteiger partial charge in [-0.1, -0.05) is 0 Å². The minimum Gasteiger partial charge on any atom is -0.543 e. The summed E-state index contributed by atoms with van der Waals surface area (Å²) < 4.78 is 5.46. The van der Waals surface area contributed by atoms with Gasteiger partial charge in [0.15, 0.2) is 0 Å². The fourth-order valence-electron chi connectivity index (χ4n) is 4.69. The van der Waals surface area contributed by atoms with E-state index in [2.05, 4.69) is 20.4 Å². The minimum absolute atomic E-state index is 0. The van der Waals surface area contributed by atoms with Crippen LogP contribution in [-0.2, 0) is 4.74 Å². The number of nitrogens with zero attached hydrogens (tertiary/aromatic N) is 3. The Hall–Kier alpha value is -1.13. The van der Waals surface area contributed by atoms with Gasteiger partial charge >= 0.3 is 18.9 Å². The van der Waals surface area contributed by atoms with Gasteiger partial charge in [-0.25, -0.2) is 0 Å². The molecule has 1 aliphatic carbocycles. The van der Waals surface area contributed by atoms with Crippen LogP contribution < -0.4 is 29.3 Å². The SMILES string of the molecule is O=C([O-])c1ccc(N[C@@H]2C[C@@H]3CN(CC4CCOCC4)C[C@@H]3C2)nn1.[Li+]. The second kappa shape index (κ2) is 8.70. The second-order valence-electron chi connectivity index (χ2n) is 7.70. The molecule has 3 fully saturated rings. The maximum absolute atomic E-state index is 10.7. The Morgan fingerprint density at radius 3 is 2.46 bits per heavy atom. The van der Waals surface area contributed by atoms with Crippen LogP contribution in [0.2, 0.25) is 0 Å². The molecule has 1 aromatic rings. The Kier molecular flexibility index (Phi) is 6.57. The quantitative estimate of drug-likeness (QED) is 0.581. The van der Waals surface area contributed by atoms with Crippen molar-refractivity contribution in [1.29, 1.82) is 0 Å². The average molecular weight is 352 g/mol. The van der Waals surface area contributed by atoms with Crippen LogP contribution in [0.15, 0.2) is 12.1 Å². The number of ether oxygens (including phenoxy) is 1. The maximum Gasteiger partial charge on any atom is 1.00 e. The predicted molar refractivity (Wildman–Crippen MR) is 90.0 cm³/mol. The Balaban J connectivity index is 0.00000196. The average Bonchev–Trinajstić information content (AvgIpc) is 3.14. The number of hydrogen-bond donors (Lipinski definition) is 1. The molecule has 2 saturated heterocycles. The first-order valence-corrected chi connectivity index (χ1v) is 9.29. The molecule has 8 heteroatoms. The van der Waals surface area contributed by atoms with E-state index in [9.17, 15) is 9.90 Å². The molecule has 0 unspecified atom stereocenters. The van der Waals surface area contributed by atoms with Gasteiger partial charge in [0.2, 0.25) is 0 Å². The van der Waals surface area contributed by atoms with E-state index in [1.807, 2.05) is 0 Å². The van der Waals surface area contributed by atoms with Crippen molar-refractivity contribution in [2.45, 2.75) is 31.7 Å². The number of likely N-dealkylation sites (tertiary alicyclic amines) is 1. The van der Waals surface area contributed by atoms with Crippen LogP contribution in [0.5, 0.6) is 0 Å². The van der Waals surface area contributed by atoms with E-state index < -0.39 is 5.97 Å². The molecule has 1 saturated carbocycles. The number of carboxylic acid groups (broad SMARTS) is 1. The second-order valence-corrected chi connectivity index (χ2v) is 7.70. The third kappa shape index (κ3) is 4.58. The van der Waals surface area contributed by atoms with E-state index in [4.69, 9.17) is 4.74 Å². The number of carbonyl (C=O) groups excluding carboxylic acids is 1. The maximum atomic E-state index is 10.7. The molecular formula is C18H25LiN4O3. The van der Waals surface area contributed by atoms with Gasteiger partial charge in [-0.2, -0.15) is 0 Å². The molecule has 0 aromatic carbocycles. The van der Waals surface area contributed by atoms with Crippen molar-refractivity contribution in [1.82, 2.24) is 15.1 Å². The summed E-state index contributed by atoms with van der Waals surface area (Å²) in [5.74, 6) is 1.67. The molecule has 1 N–H and O–H groups in total. The van der Waals surface area contributed by atoms with Crippen LogP contribution in [-0.4, -0.2) is 60.0 Å². The molecule has 136 valence electrons. The summed E-state index contributed by atoms with van der Waals surface area (Å²) in [6, 6.07) is 3.52. The van der Waals surface area contributed by atoms with E-state index in [0.717, 1.165) is 43.8 Å². The predicted octanol–water partition coefficient (Wildman–Crippen LogP) is -2.61. The zero-order chi connectivity index (χ0) is 17.2. The van der Waals surface area contributed by atoms with Crippen molar-refractivity contribution >= 4 is 11.8 Å². The largest absolute Gasteiger partial charge is 1.00 e. The Labute approximate surface area is 166 Å². The molecule has 3 aliphatic rings. The summed E-state index contributed by atoms with van der Waals surface area (Å²) >= 11 is 0. The van der Waals surface area contributed by atoms with Crippen molar-refractivity contribution in [3.05, 3.63) is 17.8 Å². The van der Waals surface area contributed by atoms with E-state index in [-0.39, 0.29) is 24.6 Å². The summed E-state index contributed by atoms with van der Waals surface area (Å²) in [7, 11) is 0. The van der Waals surface area contributed by atoms with Gasteiger partial charge in [0.1, 0.15) is 11.5 Å². The van der Waals surface area contributed by atoms with Gasteiger partial charge in [0.25, 0.3) is 0 Å². The van der Waals surface area contributed by atoms with E-state index >= 15 is 0 Å². The normalized spacial score (nSPS) is 29.2. The van der Waals surface area contributed by atoms with Crippen molar-refractivity contribution < 1.29 is 33.5 Å². The number of carboxylic acids is 1. The van der Waals surface area contributed by atoms with E-state index in [0.29, 0.717) is 11.9 Å². The van der Waals surface area contributed by atoms with Crippen LogP contribution in [0.1, 0.15) is 36.2 Å². The van der Waals surface area contributed by atoms with Gasteiger partial charge in [-0.15, -0.1) is 10.2 Å². The number of hydrogen-bond acceptors (Lipinski definition) is 7. The zero-order valence-electron chi connectivity index (χ0n) is 15.4. The molecule has 4 rings (SSSR count). The first-order chi connectivity index (χ1) is 12.2. The van der Waals surface area contributed by atoms with Gasteiger partial charge in [-0.05, 0) is 55.6 Å². The Bertz CT molecular complexity index is 595. The minimum atomic E-state index is -1.29. The summed E-state index contributed by atoms with van der Waals surface area (Å²) in [5.41, 5.74) is -0.127. The van der Waals surface area contributed by atoms with Gasteiger partial charge in [0, 0.05) is 38.9 Å². The molecule has 2 aliphatic heterocycles. The van der Waals surface area contributed by atoms with Crippen molar-refractivity contribution in [3.8, 4) is 0 Å². The molecule has 0 amide bonds. The van der Waals surface area contributed by atoms with Gasteiger partial charge in [-0.3, -0.25) is 0 Å². The third-order valence-corrected chi connectivity index (χ3v) is 5.91. The van der Waals surface area contributed by atoms with Crippen molar-refractivity contribution in [3.63, 3.8) is 0 Å². The summed E-state index contributed by atoms with van der Waals surface area (Å²) in [5, 5.41) is 21.7. The van der Waals surface area contributed by atoms with Crippen molar-refractivity contribution in [2.24, 2.45) is 17.8 Å². The number of nitrogens with one attached hydrogen (secondary N) is 1. The molecule has 1 aromatic heterocycles. The van der Waals surface area contributed by atoms with Crippen molar-refractivity contribution in [2.75, 3.05) is 38.2 Å². The molecule has 26 heavy (non-hydrogen) atoms. The molecule has 0 bridgehead atoms. The van der Waals surface area contributed by atoms with Crippen LogP contribution in [0.25, 0.3) is 0 Å². The number of rotatable bonds is 5. The van der Waals surface area contributed by atoms with Gasteiger partial charge < -0.3 is 24.9 Å². The number of carbonyl (C=O) groups is 1. The van der Waals surface area contributed by atoms with E-state index in [1.165, 1.54) is 38.5 Å². The first kappa shape index (κ1) is 19.6. The Morgan fingerprint density at radius 1 is 1.19 bits per heavy atom. The molecular weight excluding hydrogens is 327 g/mol. The topological polar surface area (TPSA) is 90.4 Å². The molecule has 0 spiro atoms. The van der Waals surface area contributed by atoms with Gasteiger partial charge in [0.05, 0.1) is 5.97 Å². The van der Waals surface area contributed by atoms with Crippen LogP contribution in [0, 0.1) is 17.8 Å². The standard InChI is InChI=1S/C18H26N4O3.Li/c23-18(24)16-1-2-17(21-20-16)19-15-7-13-10-22(11-14(13)8-15)9-12-3-5-25-6-4-12;/h1-2,12-15H,3-11H2,(H,19,21)(H,23,24);/q;+1/p-1/t13-,14+,15-;. The van der Waals surface area contributed by atoms with Crippen LogP contribution in [0.4, 0.5) is 5.82 Å².